The number of fused-ring (bicyclic) bond motifs is 1. The van der Waals surface area contributed by atoms with Crippen LogP contribution in [0.3, 0.4) is 0 Å². The van der Waals surface area contributed by atoms with Gasteiger partial charge >= 0.3 is 0 Å². The minimum absolute atomic E-state index is 0.110. The summed E-state index contributed by atoms with van der Waals surface area (Å²) in [6.45, 7) is 0. The summed E-state index contributed by atoms with van der Waals surface area (Å²) in [6, 6.07) is 10.4. The second kappa shape index (κ2) is 9.09. The van der Waals surface area contributed by atoms with Crippen molar-refractivity contribution in [1.29, 1.82) is 0 Å². The molecule has 0 saturated carbocycles. The van der Waals surface area contributed by atoms with Gasteiger partial charge in [-0.15, -0.1) is 0 Å². The molecule has 2 atom stereocenters. The van der Waals surface area contributed by atoms with E-state index < -0.39 is 41.2 Å². The highest BCUT2D eigenvalue weighted by molar-refractivity contribution is 6.05. The van der Waals surface area contributed by atoms with Crippen LogP contribution in [0.2, 0.25) is 0 Å². The van der Waals surface area contributed by atoms with E-state index in [9.17, 15) is 22.8 Å². The Morgan fingerprint density at radius 1 is 0.912 bits per heavy atom. The highest BCUT2D eigenvalue weighted by atomic mass is 19.1. The Kier molecular flexibility index (Phi) is 6.19. The van der Waals surface area contributed by atoms with Crippen molar-refractivity contribution >= 4 is 17.5 Å². The fourth-order valence-electron chi connectivity index (χ4n) is 4.24. The fraction of sp³-hybridized carbons (Fsp3) is 0.200. The van der Waals surface area contributed by atoms with Crippen LogP contribution >= 0.6 is 0 Å². The van der Waals surface area contributed by atoms with E-state index in [2.05, 4.69) is 5.32 Å². The first-order valence-electron chi connectivity index (χ1n) is 10.3. The maximum absolute atomic E-state index is 14.9. The molecule has 0 fully saturated rings. The molecule has 0 bridgehead atoms. The van der Waals surface area contributed by atoms with Crippen LogP contribution in [0.15, 0.2) is 54.6 Å². The van der Waals surface area contributed by atoms with Gasteiger partial charge in [0.25, 0.3) is 5.91 Å². The molecule has 0 unspecified atom stereocenters. The van der Waals surface area contributed by atoms with Crippen LogP contribution in [0.5, 0.6) is 11.5 Å². The van der Waals surface area contributed by atoms with Crippen molar-refractivity contribution in [2.24, 2.45) is 0 Å². The fourth-order valence-corrected chi connectivity index (χ4v) is 4.24. The van der Waals surface area contributed by atoms with Gasteiger partial charge in [0.05, 0.1) is 31.9 Å². The third-order valence-corrected chi connectivity index (χ3v) is 5.87. The Labute approximate surface area is 193 Å². The van der Waals surface area contributed by atoms with Crippen molar-refractivity contribution in [3.8, 4) is 11.5 Å². The van der Waals surface area contributed by atoms with Gasteiger partial charge in [0.1, 0.15) is 17.5 Å². The van der Waals surface area contributed by atoms with Gasteiger partial charge in [-0.1, -0.05) is 18.2 Å². The average Bonchev–Trinajstić information content (AvgIpc) is 2.82. The molecule has 0 radical (unpaired) electrons. The molecule has 0 spiro atoms. The Bertz CT molecular complexity index is 1280. The van der Waals surface area contributed by atoms with Gasteiger partial charge in [-0.05, 0) is 35.9 Å². The first-order valence-corrected chi connectivity index (χ1v) is 10.3. The minimum atomic E-state index is -1.15. The number of carbonyl (C=O) groups excluding carboxylic acids is 2. The number of hydrogen-bond acceptors (Lipinski definition) is 4. The zero-order chi connectivity index (χ0) is 24.6. The molecule has 1 heterocycles. The number of likely N-dealkylation sites (N-methyl/N-ethyl adjacent to an activating group) is 1. The van der Waals surface area contributed by atoms with E-state index in [1.807, 2.05) is 0 Å². The molecule has 9 heteroatoms. The first kappa shape index (κ1) is 23.2. The van der Waals surface area contributed by atoms with Crippen LogP contribution in [0.25, 0.3) is 0 Å². The summed E-state index contributed by atoms with van der Waals surface area (Å²) in [5.74, 6) is -4.17. The van der Waals surface area contributed by atoms with E-state index in [0.29, 0.717) is 6.07 Å². The molecule has 0 aromatic heterocycles. The second-order valence-electron chi connectivity index (χ2n) is 7.77. The predicted molar refractivity (Wildman–Crippen MR) is 119 cm³/mol. The summed E-state index contributed by atoms with van der Waals surface area (Å²) >= 11 is 0. The zero-order valence-corrected chi connectivity index (χ0v) is 18.6. The highest BCUT2D eigenvalue weighted by Gasteiger charge is 2.44. The molecule has 3 aromatic carbocycles. The van der Waals surface area contributed by atoms with Crippen LogP contribution < -0.4 is 14.8 Å². The van der Waals surface area contributed by atoms with Gasteiger partial charge in [0.15, 0.2) is 11.5 Å². The summed E-state index contributed by atoms with van der Waals surface area (Å²) in [5.41, 5.74) is 0.278. The lowest BCUT2D eigenvalue weighted by atomic mass is 9.79. The zero-order valence-electron chi connectivity index (χ0n) is 18.6. The van der Waals surface area contributed by atoms with E-state index in [1.54, 1.807) is 6.07 Å². The molecule has 0 saturated heterocycles. The SMILES string of the molecule is COc1cc2c(cc1OC)[C@H](C(=O)Nc1ccc(F)cc1F)[C@H](c1ccccc1F)N(C)C2=O. The van der Waals surface area contributed by atoms with Gasteiger partial charge in [-0.2, -0.15) is 0 Å². The smallest absolute Gasteiger partial charge is 0.254 e. The Morgan fingerprint density at radius 2 is 1.59 bits per heavy atom. The van der Waals surface area contributed by atoms with Crippen molar-refractivity contribution in [1.82, 2.24) is 4.90 Å². The Morgan fingerprint density at radius 3 is 2.24 bits per heavy atom. The van der Waals surface area contributed by atoms with Crippen LogP contribution in [0.1, 0.15) is 33.4 Å². The molecule has 1 aliphatic heterocycles. The lowest BCUT2D eigenvalue weighted by molar-refractivity contribution is -0.119. The molecule has 4 rings (SSSR count). The monoisotopic (exact) mass is 470 g/mol. The lowest BCUT2D eigenvalue weighted by Crippen LogP contribution is -2.44. The number of anilines is 1. The summed E-state index contributed by atoms with van der Waals surface area (Å²) in [7, 11) is 4.26. The minimum Gasteiger partial charge on any atom is -0.493 e. The van der Waals surface area contributed by atoms with Crippen LogP contribution in [-0.2, 0) is 4.79 Å². The van der Waals surface area contributed by atoms with Gasteiger partial charge in [0, 0.05) is 24.2 Å². The second-order valence-corrected chi connectivity index (χ2v) is 7.77. The predicted octanol–water partition coefficient (Wildman–Crippen LogP) is 4.67. The number of methoxy groups -OCH3 is 2. The van der Waals surface area contributed by atoms with E-state index in [0.717, 1.165) is 12.1 Å². The molecule has 0 aliphatic carbocycles. The normalized spacial score (nSPS) is 17.2. The number of nitrogens with zero attached hydrogens (tertiary/aromatic N) is 1. The van der Waals surface area contributed by atoms with Gasteiger partial charge in [0.2, 0.25) is 5.91 Å². The van der Waals surface area contributed by atoms with Crippen LogP contribution in [0, 0.1) is 17.5 Å². The summed E-state index contributed by atoms with van der Waals surface area (Å²) in [4.78, 5) is 28.1. The number of hydrogen-bond donors (Lipinski definition) is 1. The number of ether oxygens (including phenoxy) is 2. The molecule has 1 aliphatic rings. The molecular formula is C25H21F3N2O4. The Balaban J connectivity index is 1.91. The maximum atomic E-state index is 14.9. The summed E-state index contributed by atoms with van der Waals surface area (Å²) < 4.78 is 53.2. The molecule has 2 amide bonds. The maximum Gasteiger partial charge on any atom is 0.254 e. The van der Waals surface area contributed by atoms with Crippen molar-refractivity contribution < 1.29 is 32.2 Å². The molecule has 176 valence electrons. The van der Waals surface area contributed by atoms with Crippen molar-refractivity contribution in [3.63, 3.8) is 0 Å². The number of rotatable bonds is 5. The number of benzene rings is 3. The molecule has 3 aromatic rings. The number of nitrogens with one attached hydrogen (secondary N) is 1. The number of halogens is 3. The number of amides is 2. The van der Waals surface area contributed by atoms with E-state index >= 15 is 0 Å². The lowest BCUT2D eigenvalue weighted by Gasteiger charge is -2.40. The van der Waals surface area contributed by atoms with Crippen molar-refractivity contribution in [2.45, 2.75) is 12.0 Å². The largest absolute Gasteiger partial charge is 0.493 e. The van der Waals surface area contributed by atoms with Gasteiger partial charge in [-0.3, -0.25) is 9.59 Å². The van der Waals surface area contributed by atoms with E-state index in [-0.39, 0.29) is 33.9 Å². The highest BCUT2D eigenvalue weighted by Crippen LogP contribution is 2.46. The third kappa shape index (κ3) is 3.93. The van der Waals surface area contributed by atoms with Crippen LogP contribution in [-0.4, -0.2) is 38.0 Å². The molecule has 34 heavy (non-hydrogen) atoms. The first-order chi connectivity index (χ1) is 16.3. The molecule has 6 nitrogen and oxygen atoms in total. The quantitative estimate of drug-likeness (QED) is 0.589. The third-order valence-electron chi connectivity index (χ3n) is 5.87. The topological polar surface area (TPSA) is 67.9 Å². The van der Waals surface area contributed by atoms with Gasteiger partial charge < -0.3 is 19.7 Å². The van der Waals surface area contributed by atoms with E-state index in [4.69, 9.17) is 9.47 Å². The van der Waals surface area contributed by atoms with E-state index in [1.165, 1.54) is 56.5 Å². The van der Waals surface area contributed by atoms with Crippen molar-refractivity contribution in [2.75, 3.05) is 26.6 Å². The summed E-state index contributed by atoms with van der Waals surface area (Å²) in [5, 5.41) is 2.46. The number of carbonyl (C=O) groups is 2. The average molecular weight is 470 g/mol. The van der Waals surface area contributed by atoms with Crippen LogP contribution in [0.4, 0.5) is 18.9 Å². The standard InChI is InChI=1S/C25H21F3N2O4/c1-30-23(14-6-4-5-7-17(14)27)22(24(31)29-19-9-8-13(26)10-18(19)28)15-11-20(33-2)21(34-3)12-16(15)25(30)32/h4-12,22-23H,1-3H3,(H,29,31)/t22-,23-/m0/s1. The molecular weight excluding hydrogens is 449 g/mol. The Hall–Kier alpha value is -4.01. The van der Waals surface area contributed by atoms with Crippen molar-refractivity contribution in [3.05, 3.63) is 88.7 Å². The van der Waals surface area contributed by atoms with Gasteiger partial charge in [-0.25, -0.2) is 13.2 Å². The summed E-state index contributed by atoms with van der Waals surface area (Å²) in [6.07, 6.45) is 0. The molecule has 1 N–H and O–H groups in total.